The highest BCUT2D eigenvalue weighted by Crippen LogP contribution is 2.58. The number of carboxylic acid groups (broad SMARTS) is 1. The SMILES string of the molecule is COc1ccc(N2C(=O)Nc3ccccc3S2(O)O)nc1C(NC(=O)O)C(C)(C)C. The van der Waals surface area contributed by atoms with E-state index in [1.54, 1.807) is 18.2 Å². The molecule has 0 bridgehead atoms. The number of carbonyl (C=O) groups excluding carboxylic acids is 1. The van der Waals surface area contributed by atoms with Gasteiger partial charge in [-0.15, -0.1) is 0 Å². The number of hydrogen-bond donors (Lipinski definition) is 5. The molecule has 0 saturated carbocycles. The van der Waals surface area contributed by atoms with Crippen LogP contribution in [-0.4, -0.2) is 38.4 Å². The highest BCUT2D eigenvalue weighted by atomic mass is 32.3. The number of nitrogens with one attached hydrogen (secondary N) is 2. The quantitative estimate of drug-likeness (QED) is 0.474. The number of aromatic nitrogens is 1. The van der Waals surface area contributed by atoms with Crippen LogP contribution in [0, 0.1) is 5.41 Å². The number of nitrogens with zero attached hydrogens (tertiary/aromatic N) is 2. The minimum atomic E-state index is -3.72. The molecule has 0 aliphatic carbocycles. The van der Waals surface area contributed by atoms with Crippen molar-refractivity contribution in [3.8, 4) is 5.75 Å². The predicted molar refractivity (Wildman–Crippen MR) is 113 cm³/mol. The van der Waals surface area contributed by atoms with Crippen LogP contribution >= 0.6 is 10.8 Å². The summed E-state index contributed by atoms with van der Waals surface area (Å²) >= 11 is 0. The Morgan fingerprint density at radius 3 is 2.50 bits per heavy atom. The number of ether oxygens (including phenoxy) is 1. The third-order valence-electron chi connectivity index (χ3n) is 4.57. The maximum Gasteiger partial charge on any atom is 0.405 e. The van der Waals surface area contributed by atoms with Gasteiger partial charge in [-0.2, -0.15) is 4.31 Å². The smallest absolute Gasteiger partial charge is 0.405 e. The second kappa shape index (κ2) is 7.67. The summed E-state index contributed by atoms with van der Waals surface area (Å²) in [5.74, 6) is 0.237. The van der Waals surface area contributed by atoms with E-state index < -0.39 is 34.4 Å². The zero-order valence-electron chi connectivity index (χ0n) is 16.9. The van der Waals surface area contributed by atoms with Crippen LogP contribution in [0.1, 0.15) is 32.5 Å². The fourth-order valence-electron chi connectivity index (χ4n) is 3.19. The number of pyridine rings is 1. The molecule has 3 amide bonds. The number of carbonyl (C=O) groups is 2. The second-order valence-corrected chi connectivity index (χ2v) is 9.59. The Labute approximate surface area is 175 Å². The fourth-order valence-corrected chi connectivity index (χ4v) is 4.70. The topological polar surface area (TPSA) is 144 Å². The number of anilines is 2. The van der Waals surface area contributed by atoms with E-state index >= 15 is 0 Å². The summed E-state index contributed by atoms with van der Waals surface area (Å²) in [6.45, 7) is 5.46. The van der Waals surface area contributed by atoms with Gasteiger partial charge in [0, 0.05) is 0 Å². The van der Waals surface area contributed by atoms with E-state index in [0.717, 1.165) is 4.31 Å². The molecule has 0 radical (unpaired) electrons. The number of rotatable bonds is 4. The molecule has 162 valence electrons. The molecule has 1 aliphatic heterocycles. The molecule has 1 atom stereocenters. The number of benzene rings is 1. The Balaban J connectivity index is 2.15. The summed E-state index contributed by atoms with van der Waals surface area (Å²) in [4.78, 5) is 28.7. The van der Waals surface area contributed by atoms with Crippen molar-refractivity contribution in [2.45, 2.75) is 31.7 Å². The second-order valence-electron chi connectivity index (χ2n) is 7.74. The van der Waals surface area contributed by atoms with E-state index in [0.29, 0.717) is 11.4 Å². The van der Waals surface area contributed by atoms with Crippen molar-refractivity contribution in [3.63, 3.8) is 0 Å². The molecule has 0 spiro atoms. The van der Waals surface area contributed by atoms with Gasteiger partial charge in [0.25, 0.3) is 0 Å². The van der Waals surface area contributed by atoms with E-state index in [1.165, 1.54) is 25.3 Å². The number of para-hydroxylation sites is 1. The van der Waals surface area contributed by atoms with Crippen LogP contribution in [0.5, 0.6) is 5.75 Å². The highest BCUT2D eigenvalue weighted by Gasteiger charge is 2.40. The van der Waals surface area contributed by atoms with Gasteiger partial charge in [0.05, 0.1) is 18.8 Å². The first-order valence-electron chi connectivity index (χ1n) is 8.99. The van der Waals surface area contributed by atoms with Crippen molar-refractivity contribution < 1.29 is 28.5 Å². The van der Waals surface area contributed by atoms with E-state index in [4.69, 9.17) is 4.74 Å². The summed E-state index contributed by atoms with van der Waals surface area (Å²) in [5.41, 5.74) is -0.0875. The Morgan fingerprint density at radius 1 is 1.23 bits per heavy atom. The first-order valence-corrected chi connectivity index (χ1v) is 10.5. The maximum atomic E-state index is 12.7. The van der Waals surface area contributed by atoms with Crippen LogP contribution in [0.2, 0.25) is 0 Å². The van der Waals surface area contributed by atoms with Crippen LogP contribution in [-0.2, 0) is 0 Å². The molecular weight excluding hydrogens is 412 g/mol. The number of hydrogen-bond acceptors (Lipinski definition) is 6. The molecule has 5 N–H and O–H groups in total. The summed E-state index contributed by atoms with van der Waals surface area (Å²) < 4.78 is 27.9. The van der Waals surface area contributed by atoms with E-state index in [2.05, 4.69) is 15.6 Å². The van der Waals surface area contributed by atoms with Crippen molar-refractivity contribution in [2.24, 2.45) is 5.41 Å². The summed E-state index contributed by atoms with van der Waals surface area (Å²) in [7, 11) is -2.31. The number of methoxy groups -OCH3 is 1. The monoisotopic (exact) mass is 436 g/mol. The summed E-state index contributed by atoms with van der Waals surface area (Å²) in [6, 6.07) is 7.71. The molecule has 30 heavy (non-hydrogen) atoms. The number of urea groups is 1. The van der Waals surface area contributed by atoms with Gasteiger partial charge in [0.15, 0.2) is 5.82 Å². The molecule has 0 fully saturated rings. The van der Waals surface area contributed by atoms with Gasteiger partial charge in [-0.25, -0.2) is 14.6 Å². The Bertz CT molecular complexity index is 991. The standard InChI is InChI=1S/C19H24N4O6S/c1-19(2,3)16(22-18(25)26)15-12(29-4)9-10-14(21-15)23-17(24)20-11-7-5-6-8-13(11)30(23,27)28/h5-10,16,22,27-28H,1-4H3,(H,20,24)(H,25,26). The van der Waals surface area contributed by atoms with Crippen LogP contribution in [0.3, 0.4) is 0 Å². The zero-order chi connectivity index (χ0) is 22.3. The summed E-state index contributed by atoms with van der Waals surface area (Å²) in [5, 5.41) is 14.3. The Hall–Kier alpha value is -3.02. The molecular formula is C19H24N4O6S. The van der Waals surface area contributed by atoms with Crippen molar-refractivity contribution in [1.82, 2.24) is 10.3 Å². The summed E-state index contributed by atoms with van der Waals surface area (Å²) in [6.07, 6.45) is -1.25. The van der Waals surface area contributed by atoms with Gasteiger partial charge in [0.1, 0.15) is 16.3 Å². The third kappa shape index (κ3) is 3.86. The molecule has 11 heteroatoms. The molecule has 2 heterocycles. The van der Waals surface area contributed by atoms with Gasteiger partial charge in [-0.05, 0) is 29.7 Å². The van der Waals surface area contributed by atoms with E-state index in [9.17, 15) is 23.8 Å². The lowest BCUT2D eigenvalue weighted by Gasteiger charge is -2.45. The van der Waals surface area contributed by atoms with E-state index in [-0.39, 0.29) is 16.4 Å². The lowest BCUT2D eigenvalue weighted by molar-refractivity contribution is 0.173. The van der Waals surface area contributed by atoms with E-state index in [1.807, 2.05) is 20.8 Å². The molecule has 10 nitrogen and oxygen atoms in total. The minimum absolute atomic E-state index is 0.0563. The van der Waals surface area contributed by atoms with Gasteiger partial charge in [0.2, 0.25) is 0 Å². The first-order chi connectivity index (χ1) is 14.0. The largest absolute Gasteiger partial charge is 0.495 e. The molecule has 1 aromatic carbocycles. The third-order valence-corrected chi connectivity index (χ3v) is 6.38. The molecule has 0 saturated heterocycles. The van der Waals surface area contributed by atoms with Crippen LogP contribution in [0.15, 0.2) is 41.3 Å². The van der Waals surface area contributed by atoms with Crippen LogP contribution in [0.4, 0.5) is 21.1 Å². The Kier molecular flexibility index (Phi) is 5.54. The number of fused-ring (bicyclic) bond motifs is 1. The average molecular weight is 436 g/mol. The fraction of sp³-hybridized carbons (Fsp3) is 0.316. The van der Waals surface area contributed by atoms with Crippen molar-refractivity contribution in [1.29, 1.82) is 0 Å². The maximum absolute atomic E-state index is 12.7. The van der Waals surface area contributed by atoms with Crippen molar-refractivity contribution in [2.75, 3.05) is 16.7 Å². The predicted octanol–water partition coefficient (Wildman–Crippen LogP) is 4.52. The van der Waals surface area contributed by atoms with Gasteiger partial charge >= 0.3 is 12.1 Å². The van der Waals surface area contributed by atoms with Crippen LogP contribution < -0.4 is 19.7 Å². The van der Waals surface area contributed by atoms with Gasteiger partial charge < -0.3 is 20.5 Å². The number of amides is 3. The van der Waals surface area contributed by atoms with Crippen molar-refractivity contribution in [3.05, 3.63) is 42.1 Å². The normalized spacial score (nSPS) is 17.4. The highest BCUT2D eigenvalue weighted by molar-refractivity contribution is 8.26. The molecule has 1 aliphatic rings. The lowest BCUT2D eigenvalue weighted by atomic mass is 9.84. The Morgan fingerprint density at radius 2 is 1.90 bits per heavy atom. The zero-order valence-corrected chi connectivity index (χ0v) is 17.7. The molecule has 3 rings (SSSR count). The average Bonchev–Trinajstić information content (AvgIpc) is 2.64. The molecule has 1 unspecified atom stereocenters. The van der Waals surface area contributed by atoms with Gasteiger partial charge in [-0.3, -0.25) is 9.11 Å². The molecule has 2 aromatic rings. The van der Waals surface area contributed by atoms with Crippen molar-refractivity contribution >= 4 is 34.4 Å². The molecule has 1 aromatic heterocycles. The minimum Gasteiger partial charge on any atom is -0.495 e. The van der Waals surface area contributed by atoms with Gasteiger partial charge in [-0.1, -0.05) is 43.7 Å². The lowest BCUT2D eigenvalue weighted by Crippen LogP contribution is -2.42. The van der Waals surface area contributed by atoms with Crippen LogP contribution in [0.25, 0.3) is 0 Å². The first kappa shape index (κ1) is 21.7.